The second-order valence-electron chi connectivity index (χ2n) is 4.01. The van der Waals surface area contributed by atoms with E-state index in [4.69, 9.17) is 0 Å². The molecule has 1 amide bonds. The number of likely N-dealkylation sites (tertiary alicyclic amines) is 1. The zero-order chi connectivity index (χ0) is 11.5. The summed E-state index contributed by atoms with van der Waals surface area (Å²) in [5.74, 6) is 0.149. The number of hydrogen-bond donors (Lipinski definition) is 1. The molecular formula is C12H14BrNO2. The highest BCUT2D eigenvalue weighted by Gasteiger charge is 2.22. The van der Waals surface area contributed by atoms with E-state index in [1.54, 1.807) is 4.90 Å². The fraction of sp³-hybridized carbons (Fsp3) is 0.417. The third-order valence-corrected chi connectivity index (χ3v) is 3.35. The van der Waals surface area contributed by atoms with Crippen LogP contribution >= 0.6 is 15.9 Å². The highest BCUT2D eigenvalue weighted by atomic mass is 79.9. The van der Waals surface area contributed by atoms with Crippen LogP contribution in [0.4, 0.5) is 0 Å². The molecule has 1 saturated heterocycles. The Balaban J connectivity index is 1.99. The molecule has 0 saturated carbocycles. The van der Waals surface area contributed by atoms with Crippen molar-refractivity contribution in [2.75, 3.05) is 13.1 Å². The lowest BCUT2D eigenvalue weighted by molar-refractivity contribution is -0.128. The van der Waals surface area contributed by atoms with E-state index in [0.29, 0.717) is 13.0 Å². The molecule has 1 fully saturated rings. The number of carbonyl (C=O) groups excluding carboxylic acids is 1. The smallest absolute Gasteiger partial charge is 0.222 e. The van der Waals surface area contributed by atoms with Gasteiger partial charge in [-0.2, -0.15) is 0 Å². The highest BCUT2D eigenvalue weighted by molar-refractivity contribution is 9.10. The Morgan fingerprint density at radius 2 is 2.06 bits per heavy atom. The summed E-state index contributed by atoms with van der Waals surface area (Å²) in [4.78, 5) is 13.1. The Labute approximate surface area is 103 Å². The van der Waals surface area contributed by atoms with Gasteiger partial charge in [0.1, 0.15) is 0 Å². The maximum absolute atomic E-state index is 11.4. The zero-order valence-corrected chi connectivity index (χ0v) is 10.5. The third kappa shape index (κ3) is 2.62. The molecular weight excluding hydrogens is 270 g/mol. The van der Waals surface area contributed by atoms with Crippen molar-refractivity contribution in [3.63, 3.8) is 0 Å². The lowest BCUT2D eigenvalue weighted by Crippen LogP contribution is -2.29. The SMILES string of the molecule is O=C1CCCN1CC(O)c1ccc(Br)cc1. The molecule has 0 radical (unpaired) electrons. The normalized spacial score (nSPS) is 17.9. The van der Waals surface area contributed by atoms with Crippen LogP contribution in [0.15, 0.2) is 28.7 Å². The molecule has 1 heterocycles. The summed E-state index contributed by atoms with van der Waals surface area (Å²) in [7, 11) is 0. The molecule has 0 aromatic heterocycles. The monoisotopic (exact) mass is 283 g/mol. The van der Waals surface area contributed by atoms with Crippen molar-refractivity contribution in [3.05, 3.63) is 34.3 Å². The molecule has 16 heavy (non-hydrogen) atoms. The van der Waals surface area contributed by atoms with E-state index < -0.39 is 6.10 Å². The van der Waals surface area contributed by atoms with Crippen LogP contribution in [0.25, 0.3) is 0 Å². The molecule has 2 rings (SSSR count). The van der Waals surface area contributed by atoms with E-state index in [0.717, 1.165) is 23.0 Å². The fourth-order valence-electron chi connectivity index (χ4n) is 1.90. The number of benzene rings is 1. The van der Waals surface area contributed by atoms with Crippen LogP contribution in [0.5, 0.6) is 0 Å². The number of nitrogens with zero attached hydrogens (tertiary/aromatic N) is 1. The van der Waals surface area contributed by atoms with Crippen molar-refractivity contribution in [1.82, 2.24) is 4.90 Å². The number of amides is 1. The number of aliphatic hydroxyl groups excluding tert-OH is 1. The van der Waals surface area contributed by atoms with Gasteiger partial charge in [0.2, 0.25) is 5.91 Å². The summed E-state index contributed by atoms with van der Waals surface area (Å²) in [5.41, 5.74) is 0.850. The Morgan fingerprint density at radius 3 is 2.62 bits per heavy atom. The second kappa shape index (κ2) is 4.97. The first kappa shape index (κ1) is 11.6. The molecule has 4 heteroatoms. The first-order valence-electron chi connectivity index (χ1n) is 5.38. The summed E-state index contributed by atoms with van der Waals surface area (Å²) in [6, 6.07) is 7.53. The largest absolute Gasteiger partial charge is 0.387 e. The van der Waals surface area contributed by atoms with Crippen molar-refractivity contribution < 1.29 is 9.90 Å². The summed E-state index contributed by atoms with van der Waals surface area (Å²) >= 11 is 3.35. The van der Waals surface area contributed by atoms with Gasteiger partial charge in [-0.15, -0.1) is 0 Å². The average Bonchev–Trinajstić information content (AvgIpc) is 2.65. The first-order chi connectivity index (χ1) is 7.66. The molecule has 1 aliphatic heterocycles. The van der Waals surface area contributed by atoms with E-state index >= 15 is 0 Å². The Bertz CT molecular complexity index is 377. The lowest BCUT2D eigenvalue weighted by atomic mass is 10.1. The lowest BCUT2D eigenvalue weighted by Gasteiger charge is -2.20. The molecule has 0 bridgehead atoms. The van der Waals surface area contributed by atoms with Gasteiger partial charge in [-0.05, 0) is 24.1 Å². The number of aliphatic hydroxyl groups is 1. The Morgan fingerprint density at radius 1 is 1.38 bits per heavy atom. The minimum absolute atomic E-state index is 0.149. The van der Waals surface area contributed by atoms with E-state index in [1.165, 1.54) is 0 Å². The van der Waals surface area contributed by atoms with Crippen molar-refractivity contribution >= 4 is 21.8 Å². The number of rotatable bonds is 3. The maximum atomic E-state index is 11.4. The maximum Gasteiger partial charge on any atom is 0.222 e. The topological polar surface area (TPSA) is 40.5 Å². The van der Waals surface area contributed by atoms with Crippen LogP contribution < -0.4 is 0 Å². The van der Waals surface area contributed by atoms with Gasteiger partial charge >= 0.3 is 0 Å². The Kier molecular flexibility index (Phi) is 3.61. The Hall–Kier alpha value is -0.870. The number of hydrogen-bond acceptors (Lipinski definition) is 2. The van der Waals surface area contributed by atoms with E-state index in [2.05, 4.69) is 15.9 Å². The predicted octanol–water partition coefficient (Wildman–Crippen LogP) is 2.10. The van der Waals surface area contributed by atoms with E-state index in [9.17, 15) is 9.90 Å². The molecule has 1 aromatic carbocycles. The van der Waals surface area contributed by atoms with Crippen LogP contribution in [0.2, 0.25) is 0 Å². The molecule has 86 valence electrons. The molecule has 1 atom stereocenters. The fourth-order valence-corrected chi connectivity index (χ4v) is 2.16. The van der Waals surface area contributed by atoms with Crippen LogP contribution in [0, 0.1) is 0 Å². The van der Waals surface area contributed by atoms with Gasteiger partial charge in [-0.25, -0.2) is 0 Å². The second-order valence-corrected chi connectivity index (χ2v) is 4.93. The van der Waals surface area contributed by atoms with Gasteiger partial charge in [-0.3, -0.25) is 4.79 Å². The van der Waals surface area contributed by atoms with Crippen LogP contribution in [-0.4, -0.2) is 29.0 Å². The predicted molar refractivity (Wildman–Crippen MR) is 64.9 cm³/mol. The molecule has 0 spiro atoms. The minimum atomic E-state index is -0.588. The molecule has 1 aromatic rings. The molecule has 1 N–H and O–H groups in total. The van der Waals surface area contributed by atoms with Crippen molar-refractivity contribution in [2.45, 2.75) is 18.9 Å². The number of halogens is 1. The van der Waals surface area contributed by atoms with Gasteiger partial charge < -0.3 is 10.0 Å². The molecule has 1 aliphatic rings. The summed E-state index contributed by atoms with van der Waals surface area (Å²) in [6.45, 7) is 1.17. The van der Waals surface area contributed by atoms with Crippen LogP contribution in [0.3, 0.4) is 0 Å². The van der Waals surface area contributed by atoms with E-state index in [-0.39, 0.29) is 5.91 Å². The van der Waals surface area contributed by atoms with Crippen molar-refractivity contribution in [3.8, 4) is 0 Å². The number of β-amino-alcohol motifs (C(OH)–C–C–N with tert-alkyl or cyclic N) is 1. The summed E-state index contributed by atoms with van der Waals surface area (Å²) in [5, 5.41) is 9.98. The van der Waals surface area contributed by atoms with Crippen molar-refractivity contribution in [1.29, 1.82) is 0 Å². The first-order valence-corrected chi connectivity index (χ1v) is 6.17. The average molecular weight is 284 g/mol. The van der Waals surface area contributed by atoms with E-state index in [1.807, 2.05) is 24.3 Å². The van der Waals surface area contributed by atoms with Gasteiger partial charge in [-0.1, -0.05) is 28.1 Å². The summed E-state index contributed by atoms with van der Waals surface area (Å²) < 4.78 is 0.987. The number of carbonyl (C=O) groups is 1. The standard InChI is InChI=1S/C12H14BrNO2/c13-10-5-3-9(4-6-10)11(15)8-14-7-1-2-12(14)16/h3-6,11,15H,1-2,7-8H2. The van der Waals surface area contributed by atoms with Crippen LogP contribution in [-0.2, 0) is 4.79 Å². The van der Waals surface area contributed by atoms with Gasteiger partial charge in [0.05, 0.1) is 12.6 Å². The molecule has 3 nitrogen and oxygen atoms in total. The quantitative estimate of drug-likeness (QED) is 0.923. The van der Waals surface area contributed by atoms with Crippen LogP contribution in [0.1, 0.15) is 24.5 Å². The van der Waals surface area contributed by atoms with Gasteiger partial charge in [0.15, 0.2) is 0 Å². The zero-order valence-electron chi connectivity index (χ0n) is 8.90. The van der Waals surface area contributed by atoms with Gasteiger partial charge in [0.25, 0.3) is 0 Å². The van der Waals surface area contributed by atoms with Gasteiger partial charge in [0, 0.05) is 17.4 Å². The summed E-state index contributed by atoms with van der Waals surface area (Å²) in [6.07, 6.45) is 0.939. The minimum Gasteiger partial charge on any atom is -0.387 e. The molecule has 0 aliphatic carbocycles. The third-order valence-electron chi connectivity index (χ3n) is 2.82. The highest BCUT2D eigenvalue weighted by Crippen LogP contribution is 2.20. The molecule has 1 unspecified atom stereocenters. The van der Waals surface area contributed by atoms with Crippen molar-refractivity contribution in [2.24, 2.45) is 0 Å².